The van der Waals surface area contributed by atoms with Crippen molar-refractivity contribution < 1.29 is 56.3 Å². The number of ether oxygens (including phenoxy) is 1. The van der Waals surface area contributed by atoms with E-state index < -0.39 is 59.7 Å². The number of phosphoric ester groups is 1. The van der Waals surface area contributed by atoms with Gasteiger partial charge in [0.25, 0.3) is 0 Å². The van der Waals surface area contributed by atoms with E-state index in [1.54, 1.807) is 0 Å². The number of aliphatic hydroxyl groups excluding tert-OH is 1. The van der Waals surface area contributed by atoms with Gasteiger partial charge in [-0.3, -0.25) is 9.09 Å². The molecule has 0 aromatic carbocycles. The zero-order valence-electron chi connectivity index (χ0n) is 15.2. The van der Waals surface area contributed by atoms with Crippen molar-refractivity contribution in [2.24, 2.45) is 5.73 Å². The molecule has 0 amide bonds. The number of halogens is 1. The number of anilines is 1. The van der Waals surface area contributed by atoms with Gasteiger partial charge >= 0.3 is 29.2 Å². The molecule has 180 valence electrons. The van der Waals surface area contributed by atoms with Crippen LogP contribution in [0, 0.1) is 11.3 Å². The predicted octanol–water partition coefficient (Wildman–Crippen LogP) is -2.28. The molecule has 2 rings (SSSR count). The lowest BCUT2D eigenvalue weighted by molar-refractivity contribution is -0.0471. The number of aliphatic hydroxyl groups is 1. The van der Waals surface area contributed by atoms with E-state index in [-0.39, 0.29) is 5.95 Å². The van der Waals surface area contributed by atoms with Crippen LogP contribution >= 0.6 is 35.1 Å². The fourth-order valence-corrected chi connectivity index (χ4v) is 5.63. The Balaban J connectivity index is 2.23. The summed E-state index contributed by atoms with van der Waals surface area (Å²) < 4.78 is 51.4. The summed E-state index contributed by atoms with van der Waals surface area (Å²) in [6.07, 6.45) is -4.23. The molecule has 1 saturated heterocycles. The predicted molar refractivity (Wildman–Crippen MR) is 101 cm³/mol. The van der Waals surface area contributed by atoms with Crippen LogP contribution in [0.15, 0.2) is 11.1 Å². The largest absolute Gasteiger partial charge is 0.490 e. The highest BCUT2D eigenvalue weighted by Gasteiger charge is 2.55. The second kappa shape index (κ2) is 9.55. The highest BCUT2D eigenvalue weighted by molar-refractivity contribution is 7.66. The summed E-state index contributed by atoms with van der Waals surface area (Å²) in [5, 5.41) is 12.4. The van der Waals surface area contributed by atoms with Crippen LogP contribution in [0.25, 0.3) is 0 Å². The molecular weight excluding hydrogens is 527 g/mol. The number of aromatic nitrogens is 3. The van der Waals surface area contributed by atoms with Gasteiger partial charge in [0.05, 0.1) is 6.61 Å². The number of rotatable bonds is 8. The van der Waals surface area contributed by atoms with E-state index in [0.717, 1.165) is 6.33 Å². The Morgan fingerprint density at radius 1 is 1.25 bits per heavy atom. The molecular formula is C10H15ClN5O13P3. The van der Waals surface area contributed by atoms with Crippen molar-refractivity contribution >= 4 is 41.0 Å². The third kappa shape index (κ3) is 6.64. The van der Waals surface area contributed by atoms with Crippen LogP contribution in [0.3, 0.4) is 0 Å². The van der Waals surface area contributed by atoms with Gasteiger partial charge in [0, 0.05) is 5.38 Å². The summed E-state index contributed by atoms with van der Waals surface area (Å²) in [5.41, 5.74) is 8.16. The molecule has 0 radical (unpaired) electrons. The van der Waals surface area contributed by atoms with Crippen molar-refractivity contribution in [3.05, 3.63) is 16.8 Å². The van der Waals surface area contributed by atoms with Crippen LogP contribution in [-0.4, -0.2) is 63.6 Å². The maximum atomic E-state index is 12.1. The van der Waals surface area contributed by atoms with Crippen LogP contribution in [-0.2, 0) is 31.6 Å². The van der Waals surface area contributed by atoms with Crippen LogP contribution in [0.5, 0.6) is 0 Å². The monoisotopic (exact) mass is 541 g/mol. The van der Waals surface area contributed by atoms with Gasteiger partial charge in [0.1, 0.15) is 18.5 Å². The van der Waals surface area contributed by atoms with Crippen molar-refractivity contribution in [3.8, 4) is 11.3 Å². The van der Waals surface area contributed by atoms with Gasteiger partial charge in [-0.1, -0.05) is 5.92 Å². The summed E-state index contributed by atoms with van der Waals surface area (Å²) in [6, 6.07) is 0. The normalized spacial score (nSPS) is 29.5. The van der Waals surface area contributed by atoms with E-state index in [0.29, 0.717) is 4.57 Å². The molecule has 1 aliphatic rings. The summed E-state index contributed by atoms with van der Waals surface area (Å²) in [4.78, 5) is 54.7. The molecule has 6 atom stereocenters. The third-order valence-electron chi connectivity index (χ3n) is 3.63. The van der Waals surface area contributed by atoms with E-state index in [1.165, 1.54) is 0 Å². The van der Waals surface area contributed by atoms with Crippen LogP contribution in [0.1, 0.15) is 6.23 Å². The Kier molecular flexibility index (Phi) is 8.06. The molecule has 1 fully saturated rings. The summed E-state index contributed by atoms with van der Waals surface area (Å²) in [5.74, 6) is 1.83. The number of phosphoric acid groups is 3. The maximum absolute atomic E-state index is 12.1. The van der Waals surface area contributed by atoms with E-state index in [9.17, 15) is 28.5 Å². The molecule has 2 heterocycles. The summed E-state index contributed by atoms with van der Waals surface area (Å²) in [7, 11) is -16.9. The van der Waals surface area contributed by atoms with Crippen molar-refractivity contribution in [1.82, 2.24) is 14.5 Å². The Hall–Kier alpha value is -1.25. The number of nitrogens with zero attached hydrogens (tertiary/aromatic N) is 3. The molecule has 18 nitrogen and oxygen atoms in total. The van der Waals surface area contributed by atoms with Crippen LogP contribution in [0.4, 0.5) is 5.95 Å². The molecule has 0 bridgehead atoms. The van der Waals surface area contributed by atoms with Crippen molar-refractivity contribution in [3.63, 3.8) is 0 Å². The molecule has 32 heavy (non-hydrogen) atoms. The highest BCUT2D eigenvalue weighted by atomic mass is 35.5. The minimum Gasteiger partial charge on any atom is -0.387 e. The number of hydrogen-bond donors (Lipinski definition) is 7. The second-order valence-corrected chi connectivity index (χ2v) is 10.5. The molecule has 1 aliphatic heterocycles. The Bertz CT molecular complexity index is 1130. The standard InChI is InChI=1S/C10H15ClN5O13P3/c11-2-1-10(13)6(17)5(27-7(10)16-4-14-8(12)15-9(16)18)3-26-31(22,23)29-32(24,25)28-30(19,20)21/h4-7,17H,3,13H2,(H,22,23)(H,24,25)(H2,12,15,18)(H2,19,20,21)/t5-,6+,7-,10?/m1/s1. The zero-order valence-corrected chi connectivity index (χ0v) is 18.7. The average molecular weight is 542 g/mol. The first kappa shape index (κ1) is 27.0. The lowest BCUT2D eigenvalue weighted by Gasteiger charge is -2.27. The van der Waals surface area contributed by atoms with Gasteiger partial charge in [-0.05, 0) is 11.6 Å². The summed E-state index contributed by atoms with van der Waals surface area (Å²) >= 11 is 5.36. The smallest absolute Gasteiger partial charge is 0.387 e. The average Bonchev–Trinajstić information content (AvgIpc) is 2.82. The first-order valence-electron chi connectivity index (χ1n) is 7.74. The minimum atomic E-state index is -5.76. The lowest BCUT2D eigenvalue weighted by atomic mass is 9.92. The SMILES string of the molecule is Nc1ncn([C@@H]2O[C@H](COP(=O)(O)OP(=O)(O)OP(=O)(O)O)[C@H](O)C2(N)C#CCl)c(=O)n1. The highest BCUT2D eigenvalue weighted by Crippen LogP contribution is 2.66. The number of nitrogens with two attached hydrogens (primary N) is 2. The third-order valence-corrected chi connectivity index (χ3v) is 7.53. The minimum absolute atomic E-state index is 0.389. The van der Waals surface area contributed by atoms with E-state index in [4.69, 9.17) is 42.5 Å². The van der Waals surface area contributed by atoms with Gasteiger partial charge in [-0.25, -0.2) is 23.5 Å². The number of nitrogen functional groups attached to an aromatic ring is 1. The van der Waals surface area contributed by atoms with Crippen molar-refractivity contribution in [2.75, 3.05) is 12.3 Å². The first-order chi connectivity index (χ1) is 14.5. The fourth-order valence-electron chi connectivity index (χ4n) is 2.44. The van der Waals surface area contributed by atoms with Gasteiger partial charge in [0.2, 0.25) is 5.95 Å². The molecule has 9 N–H and O–H groups in total. The maximum Gasteiger partial charge on any atom is 0.490 e. The lowest BCUT2D eigenvalue weighted by Crippen LogP contribution is -2.55. The van der Waals surface area contributed by atoms with Crippen LogP contribution in [0.2, 0.25) is 0 Å². The fraction of sp³-hybridized carbons (Fsp3) is 0.500. The van der Waals surface area contributed by atoms with Crippen LogP contribution < -0.4 is 17.2 Å². The van der Waals surface area contributed by atoms with E-state index in [2.05, 4.69) is 29.0 Å². The van der Waals surface area contributed by atoms with Crippen molar-refractivity contribution in [2.45, 2.75) is 24.0 Å². The Labute approximate surface area is 182 Å². The zero-order chi connectivity index (χ0) is 24.5. The molecule has 0 aliphatic carbocycles. The van der Waals surface area contributed by atoms with Gasteiger partial charge < -0.3 is 40.9 Å². The van der Waals surface area contributed by atoms with E-state index in [1.807, 2.05) is 5.38 Å². The quantitative estimate of drug-likeness (QED) is 0.135. The van der Waals surface area contributed by atoms with Gasteiger partial charge in [-0.15, -0.1) is 0 Å². The first-order valence-corrected chi connectivity index (χ1v) is 12.6. The Morgan fingerprint density at radius 3 is 2.41 bits per heavy atom. The van der Waals surface area contributed by atoms with Gasteiger partial charge in [-0.2, -0.15) is 13.6 Å². The molecule has 0 spiro atoms. The topological polar surface area (TPSA) is 289 Å². The molecule has 1 aromatic rings. The molecule has 0 saturated carbocycles. The van der Waals surface area contributed by atoms with E-state index >= 15 is 0 Å². The molecule has 22 heteroatoms. The van der Waals surface area contributed by atoms with Crippen molar-refractivity contribution in [1.29, 1.82) is 0 Å². The molecule has 3 unspecified atom stereocenters. The Morgan fingerprint density at radius 2 is 1.88 bits per heavy atom. The van der Waals surface area contributed by atoms with Gasteiger partial charge in [0.15, 0.2) is 11.8 Å². The molecule has 1 aromatic heterocycles. The number of hydrogen-bond acceptors (Lipinski definition) is 13. The second-order valence-electron chi connectivity index (χ2n) is 5.92. The summed E-state index contributed by atoms with van der Waals surface area (Å²) in [6.45, 7) is -1.07.